The molecule has 1 aliphatic heterocycles. The van der Waals surface area contributed by atoms with Crippen molar-refractivity contribution in [3.8, 4) is 6.07 Å². The van der Waals surface area contributed by atoms with Gasteiger partial charge in [-0.1, -0.05) is 49.7 Å². The van der Waals surface area contributed by atoms with Crippen LogP contribution in [0.15, 0.2) is 71.2 Å². The van der Waals surface area contributed by atoms with Crippen LogP contribution in [0.5, 0.6) is 0 Å². The highest BCUT2D eigenvalue weighted by Crippen LogP contribution is 2.51. The lowest BCUT2D eigenvalue weighted by molar-refractivity contribution is -0.137. The minimum absolute atomic E-state index is 0.0288. The molecule has 4 rings (SSSR count). The predicted octanol–water partition coefficient (Wildman–Crippen LogP) is 6.30. The Morgan fingerprint density at radius 2 is 1.76 bits per heavy atom. The number of benzene rings is 2. The second-order valence-electron chi connectivity index (χ2n) is 9.05. The molecule has 0 saturated carbocycles. The average Bonchev–Trinajstić information content (AvgIpc) is 2.72. The van der Waals surface area contributed by atoms with Gasteiger partial charge in [-0.25, -0.2) is 0 Å². The Bertz CT molecular complexity index is 1240. The summed E-state index contributed by atoms with van der Waals surface area (Å²) in [5.41, 5.74) is 6.19. The first-order chi connectivity index (χ1) is 15.4. The smallest absolute Gasteiger partial charge is 0.384 e. The van der Waals surface area contributed by atoms with E-state index >= 15 is 0 Å². The molecule has 0 unspecified atom stereocenters. The molecule has 4 nitrogen and oxygen atoms in total. The van der Waals surface area contributed by atoms with Gasteiger partial charge in [0.05, 0.1) is 28.8 Å². The van der Waals surface area contributed by atoms with Crippen molar-refractivity contribution < 1.29 is 18.0 Å². The molecule has 0 fully saturated rings. The van der Waals surface area contributed by atoms with E-state index in [-0.39, 0.29) is 29.3 Å². The van der Waals surface area contributed by atoms with Crippen molar-refractivity contribution in [1.29, 1.82) is 5.26 Å². The normalized spacial score (nSPS) is 20.6. The van der Waals surface area contributed by atoms with E-state index in [2.05, 4.69) is 6.07 Å². The fourth-order valence-corrected chi connectivity index (χ4v) is 4.81. The number of Topliss-reactive ketones (excluding diaryl/α,β-unsaturated/α-hetero) is 1. The molecule has 0 saturated heterocycles. The minimum atomic E-state index is -4.65. The van der Waals surface area contributed by atoms with Crippen LogP contribution in [0, 0.1) is 16.7 Å². The number of carbonyl (C=O) groups excluding carboxylic acids is 1. The molecule has 0 aromatic heterocycles. The van der Waals surface area contributed by atoms with Gasteiger partial charge in [-0.15, -0.1) is 0 Å². The van der Waals surface area contributed by atoms with Crippen molar-refractivity contribution in [3.05, 3.63) is 87.3 Å². The lowest BCUT2D eigenvalue weighted by Crippen LogP contribution is -2.42. The summed E-state index contributed by atoms with van der Waals surface area (Å²) in [6.45, 7) is 3.78. The van der Waals surface area contributed by atoms with Gasteiger partial charge in [-0.05, 0) is 41.7 Å². The van der Waals surface area contributed by atoms with E-state index in [1.807, 2.05) is 13.8 Å². The average molecular weight is 472 g/mol. The van der Waals surface area contributed by atoms with Crippen LogP contribution >= 0.6 is 11.6 Å². The van der Waals surface area contributed by atoms with E-state index in [1.54, 1.807) is 24.3 Å². The number of nitrogens with zero attached hydrogens (tertiary/aromatic N) is 2. The van der Waals surface area contributed by atoms with Crippen molar-refractivity contribution >= 4 is 23.1 Å². The van der Waals surface area contributed by atoms with E-state index in [4.69, 9.17) is 17.3 Å². The summed E-state index contributed by atoms with van der Waals surface area (Å²) >= 11 is 6.02. The molecular weight excluding hydrogens is 451 g/mol. The largest absolute Gasteiger partial charge is 0.418 e. The molecule has 2 aromatic rings. The van der Waals surface area contributed by atoms with E-state index in [0.717, 1.165) is 6.07 Å². The predicted molar refractivity (Wildman–Crippen MR) is 120 cm³/mol. The fraction of sp³-hybridized carbons (Fsp3) is 0.280. The molecule has 0 spiro atoms. The van der Waals surface area contributed by atoms with Gasteiger partial charge >= 0.3 is 6.18 Å². The third kappa shape index (κ3) is 4.00. The molecule has 0 amide bonds. The summed E-state index contributed by atoms with van der Waals surface area (Å²) in [7, 11) is 0. The number of carbonyl (C=O) groups is 1. The Balaban J connectivity index is 2.04. The van der Waals surface area contributed by atoms with E-state index in [0.29, 0.717) is 28.3 Å². The standard InChI is InChI=1S/C25H21ClF3N3O/c1-24(2)11-19-22(20(33)12-24)21(14-7-9-15(26)10-8-14)16(13-30)23(31)32(19)18-6-4-3-5-17(18)25(27,28)29/h3-10,21H,11-12,31H2,1-2H3/t21-/m0/s1. The summed E-state index contributed by atoms with van der Waals surface area (Å²) < 4.78 is 41.7. The summed E-state index contributed by atoms with van der Waals surface area (Å²) in [6, 6.07) is 13.8. The first-order valence-electron chi connectivity index (χ1n) is 10.3. The van der Waals surface area contributed by atoms with Gasteiger partial charge in [0.2, 0.25) is 0 Å². The zero-order valence-corrected chi connectivity index (χ0v) is 18.8. The number of rotatable bonds is 2. The lowest BCUT2D eigenvalue weighted by Gasteiger charge is -2.44. The Morgan fingerprint density at radius 3 is 2.36 bits per heavy atom. The van der Waals surface area contributed by atoms with Gasteiger partial charge in [0.1, 0.15) is 5.82 Å². The lowest BCUT2D eigenvalue weighted by atomic mass is 9.68. The van der Waals surface area contributed by atoms with Gasteiger partial charge in [-0.3, -0.25) is 9.69 Å². The van der Waals surface area contributed by atoms with E-state index in [1.165, 1.54) is 23.1 Å². The SMILES string of the molecule is CC1(C)CC(=O)C2=C(C1)N(c1ccccc1C(F)(F)F)C(N)=C(C#N)[C@@H]2c1ccc(Cl)cc1. The molecule has 2 N–H and O–H groups in total. The highest BCUT2D eigenvalue weighted by atomic mass is 35.5. The number of ketones is 1. The van der Waals surface area contributed by atoms with Crippen LogP contribution in [-0.2, 0) is 11.0 Å². The van der Waals surface area contributed by atoms with Gasteiger partial charge in [-0.2, -0.15) is 18.4 Å². The summed E-state index contributed by atoms with van der Waals surface area (Å²) in [4.78, 5) is 14.7. The zero-order chi connectivity index (χ0) is 24.1. The van der Waals surface area contributed by atoms with Gasteiger partial charge < -0.3 is 5.73 Å². The molecule has 2 aliphatic rings. The van der Waals surface area contributed by atoms with Crippen molar-refractivity contribution in [2.45, 2.75) is 38.8 Å². The first kappa shape index (κ1) is 22.9. The Hall–Kier alpha value is -3.24. The van der Waals surface area contributed by atoms with Crippen molar-refractivity contribution in [3.63, 3.8) is 0 Å². The van der Waals surface area contributed by atoms with Crippen LogP contribution in [0.1, 0.15) is 43.7 Å². The molecule has 33 heavy (non-hydrogen) atoms. The fourth-order valence-electron chi connectivity index (χ4n) is 4.68. The van der Waals surface area contributed by atoms with E-state index in [9.17, 15) is 23.2 Å². The second kappa shape index (κ2) is 7.96. The van der Waals surface area contributed by atoms with Gasteiger partial charge in [0, 0.05) is 22.7 Å². The number of allylic oxidation sites excluding steroid dienone is 3. The van der Waals surface area contributed by atoms with Gasteiger partial charge in [0.15, 0.2) is 5.78 Å². The molecule has 1 aliphatic carbocycles. The monoisotopic (exact) mass is 471 g/mol. The van der Waals surface area contributed by atoms with Crippen LogP contribution in [0.3, 0.4) is 0 Å². The number of alkyl halides is 3. The molecule has 0 radical (unpaired) electrons. The maximum atomic E-state index is 13.9. The number of anilines is 1. The molecule has 2 aromatic carbocycles. The number of halogens is 4. The topological polar surface area (TPSA) is 70.1 Å². The van der Waals surface area contributed by atoms with Crippen molar-refractivity contribution in [2.75, 3.05) is 4.90 Å². The molecule has 8 heteroatoms. The molecule has 1 atom stereocenters. The second-order valence-corrected chi connectivity index (χ2v) is 9.48. The highest BCUT2D eigenvalue weighted by Gasteiger charge is 2.46. The van der Waals surface area contributed by atoms with Crippen LogP contribution in [-0.4, -0.2) is 5.78 Å². The van der Waals surface area contributed by atoms with Crippen LogP contribution in [0.4, 0.5) is 18.9 Å². The quantitative estimate of drug-likeness (QED) is 0.558. The number of hydrogen-bond donors (Lipinski definition) is 1. The van der Waals surface area contributed by atoms with Crippen LogP contribution in [0.2, 0.25) is 5.02 Å². The number of hydrogen-bond acceptors (Lipinski definition) is 4. The Kier molecular flexibility index (Phi) is 5.53. The molecular formula is C25H21ClF3N3O. The third-order valence-corrected chi connectivity index (χ3v) is 6.29. The maximum Gasteiger partial charge on any atom is 0.418 e. The number of nitrogens with two attached hydrogens (primary N) is 1. The van der Waals surface area contributed by atoms with Crippen LogP contribution in [0.25, 0.3) is 0 Å². The first-order valence-corrected chi connectivity index (χ1v) is 10.7. The minimum Gasteiger partial charge on any atom is -0.384 e. The molecule has 170 valence electrons. The Labute approximate surface area is 194 Å². The van der Waals surface area contributed by atoms with Crippen LogP contribution < -0.4 is 10.6 Å². The zero-order valence-electron chi connectivity index (χ0n) is 18.0. The third-order valence-electron chi connectivity index (χ3n) is 6.03. The van der Waals surface area contributed by atoms with E-state index < -0.39 is 23.1 Å². The van der Waals surface area contributed by atoms with Crippen molar-refractivity contribution in [2.24, 2.45) is 11.1 Å². The number of para-hydroxylation sites is 1. The number of nitriles is 1. The van der Waals surface area contributed by atoms with Gasteiger partial charge in [0.25, 0.3) is 0 Å². The Morgan fingerprint density at radius 1 is 1.12 bits per heavy atom. The summed E-state index contributed by atoms with van der Waals surface area (Å²) in [5.74, 6) is -1.10. The molecule has 1 heterocycles. The van der Waals surface area contributed by atoms with Crippen molar-refractivity contribution in [1.82, 2.24) is 0 Å². The summed E-state index contributed by atoms with van der Waals surface area (Å²) in [6.07, 6.45) is -4.11. The summed E-state index contributed by atoms with van der Waals surface area (Å²) in [5, 5.41) is 10.5. The highest BCUT2D eigenvalue weighted by molar-refractivity contribution is 6.30. The molecule has 0 bridgehead atoms. The maximum absolute atomic E-state index is 13.9.